The molecule has 122 valence electrons. The molecule has 0 atom stereocenters. The van der Waals surface area contributed by atoms with Crippen LogP contribution in [0.2, 0.25) is 0 Å². The molecule has 1 aromatic heterocycles. The van der Waals surface area contributed by atoms with E-state index in [4.69, 9.17) is 9.84 Å². The smallest absolute Gasteiger partial charge is 0.418 e. The van der Waals surface area contributed by atoms with Crippen LogP contribution in [-0.4, -0.2) is 21.7 Å². The molecule has 24 heavy (non-hydrogen) atoms. The number of carboxylic acids is 1. The molecule has 0 unspecified atom stereocenters. The van der Waals surface area contributed by atoms with Gasteiger partial charge < -0.3 is 9.84 Å². The van der Waals surface area contributed by atoms with Crippen LogP contribution in [0.3, 0.4) is 0 Å². The lowest BCUT2D eigenvalue weighted by Gasteiger charge is -2.06. The van der Waals surface area contributed by atoms with E-state index in [0.717, 1.165) is 10.0 Å². The molecule has 0 bridgehead atoms. The number of carbonyl (C=O) groups is 2. The van der Waals surface area contributed by atoms with Crippen molar-refractivity contribution in [1.82, 2.24) is 4.57 Å². The summed E-state index contributed by atoms with van der Waals surface area (Å²) in [6.07, 6.45) is 0.826. The highest BCUT2D eigenvalue weighted by atomic mass is 79.9. The normalized spacial score (nSPS) is 10.7. The summed E-state index contributed by atoms with van der Waals surface area (Å²) in [5.74, 6) is -0.952. The van der Waals surface area contributed by atoms with Crippen molar-refractivity contribution in [3.05, 3.63) is 70.3 Å². The minimum absolute atomic E-state index is 0.157. The molecule has 3 rings (SSSR count). The highest BCUT2D eigenvalue weighted by Gasteiger charge is 2.16. The van der Waals surface area contributed by atoms with E-state index in [0.29, 0.717) is 16.5 Å². The van der Waals surface area contributed by atoms with Crippen LogP contribution in [0.15, 0.2) is 59.2 Å². The molecule has 3 aromatic rings. The number of carbonyl (C=O) groups excluding carboxylic acids is 1. The summed E-state index contributed by atoms with van der Waals surface area (Å²) in [6.45, 7) is 0.157. The van der Waals surface area contributed by atoms with Crippen LogP contribution in [0, 0.1) is 0 Å². The van der Waals surface area contributed by atoms with Crippen LogP contribution in [0.1, 0.15) is 11.1 Å². The second-order valence-electron chi connectivity index (χ2n) is 5.30. The SMILES string of the molecule is O=C(O)Cc1cn(C(=O)OCc2ccccc2)c2ccc(Br)cc12. The van der Waals surface area contributed by atoms with Gasteiger partial charge in [-0.15, -0.1) is 0 Å². The zero-order valence-corrected chi connectivity index (χ0v) is 14.2. The van der Waals surface area contributed by atoms with E-state index in [1.165, 1.54) is 10.8 Å². The van der Waals surface area contributed by atoms with E-state index in [2.05, 4.69) is 15.9 Å². The summed E-state index contributed by atoms with van der Waals surface area (Å²) in [5.41, 5.74) is 2.07. The first kappa shape index (κ1) is 16.3. The Hall–Kier alpha value is -2.60. The Kier molecular flexibility index (Phi) is 4.66. The molecule has 0 aliphatic carbocycles. The van der Waals surface area contributed by atoms with Crippen molar-refractivity contribution in [3.63, 3.8) is 0 Å². The fourth-order valence-corrected chi connectivity index (χ4v) is 2.88. The predicted molar refractivity (Wildman–Crippen MR) is 93.0 cm³/mol. The Balaban J connectivity index is 1.90. The van der Waals surface area contributed by atoms with E-state index in [9.17, 15) is 9.59 Å². The van der Waals surface area contributed by atoms with Crippen LogP contribution in [-0.2, 0) is 22.6 Å². The van der Waals surface area contributed by atoms with Crippen molar-refractivity contribution in [2.24, 2.45) is 0 Å². The van der Waals surface area contributed by atoms with Gasteiger partial charge in [-0.1, -0.05) is 46.3 Å². The van der Waals surface area contributed by atoms with Crippen LogP contribution in [0.25, 0.3) is 10.9 Å². The van der Waals surface area contributed by atoms with Crippen molar-refractivity contribution in [2.45, 2.75) is 13.0 Å². The number of aliphatic carboxylic acids is 1. The largest absolute Gasteiger partial charge is 0.481 e. The van der Waals surface area contributed by atoms with Gasteiger partial charge in [0, 0.05) is 16.1 Å². The van der Waals surface area contributed by atoms with Crippen molar-refractivity contribution in [2.75, 3.05) is 0 Å². The number of rotatable bonds is 4. The van der Waals surface area contributed by atoms with Crippen LogP contribution in [0.4, 0.5) is 4.79 Å². The highest BCUT2D eigenvalue weighted by molar-refractivity contribution is 9.10. The third kappa shape index (κ3) is 3.49. The summed E-state index contributed by atoms with van der Waals surface area (Å²) in [4.78, 5) is 23.4. The van der Waals surface area contributed by atoms with E-state index in [1.807, 2.05) is 30.3 Å². The number of halogens is 1. The van der Waals surface area contributed by atoms with Gasteiger partial charge in [0.05, 0.1) is 11.9 Å². The molecule has 0 aliphatic heterocycles. The second kappa shape index (κ2) is 6.88. The first-order valence-corrected chi connectivity index (χ1v) is 8.06. The lowest BCUT2D eigenvalue weighted by molar-refractivity contribution is -0.136. The van der Waals surface area contributed by atoms with Gasteiger partial charge in [-0.2, -0.15) is 0 Å². The summed E-state index contributed by atoms with van der Waals surface area (Å²) >= 11 is 3.37. The number of hydrogen-bond donors (Lipinski definition) is 1. The van der Waals surface area contributed by atoms with E-state index < -0.39 is 12.1 Å². The maximum Gasteiger partial charge on any atom is 0.418 e. The van der Waals surface area contributed by atoms with E-state index in [1.54, 1.807) is 18.2 Å². The Morgan fingerprint density at radius 1 is 1.12 bits per heavy atom. The van der Waals surface area contributed by atoms with Gasteiger partial charge in [0.1, 0.15) is 6.61 Å². The molecule has 0 spiro atoms. The quantitative estimate of drug-likeness (QED) is 0.727. The molecule has 1 heterocycles. The average Bonchev–Trinajstić information content (AvgIpc) is 2.91. The number of benzene rings is 2. The van der Waals surface area contributed by atoms with Crippen molar-refractivity contribution < 1.29 is 19.4 Å². The van der Waals surface area contributed by atoms with Gasteiger partial charge in [-0.3, -0.25) is 9.36 Å². The fraction of sp³-hybridized carbons (Fsp3) is 0.111. The van der Waals surface area contributed by atoms with Crippen molar-refractivity contribution in [1.29, 1.82) is 0 Å². The number of carboxylic acid groups (broad SMARTS) is 1. The van der Waals surface area contributed by atoms with Crippen LogP contribution >= 0.6 is 15.9 Å². The first-order chi connectivity index (χ1) is 11.5. The summed E-state index contributed by atoms with van der Waals surface area (Å²) in [5, 5.41) is 9.77. The Bertz CT molecular complexity index is 902. The summed E-state index contributed by atoms with van der Waals surface area (Å²) < 4.78 is 7.50. The zero-order valence-electron chi connectivity index (χ0n) is 12.6. The fourth-order valence-electron chi connectivity index (χ4n) is 2.51. The number of fused-ring (bicyclic) bond motifs is 1. The monoisotopic (exact) mass is 387 g/mol. The lowest BCUT2D eigenvalue weighted by atomic mass is 10.1. The molecule has 0 radical (unpaired) electrons. The lowest BCUT2D eigenvalue weighted by Crippen LogP contribution is -2.12. The number of ether oxygens (including phenoxy) is 1. The molecule has 0 saturated heterocycles. The van der Waals surface area contributed by atoms with Gasteiger partial charge in [-0.05, 0) is 29.3 Å². The summed E-state index contributed by atoms with van der Waals surface area (Å²) in [6, 6.07) is 14.7. The van der Waals surface area contributed by atoms with Gasteiger partial charge in [-0.25, -0.2) is 4.79 Å². The third-order valence-electron chi connectivity index (χ3n) is 3.59. The summed E-state index contributed by atoms with van der Waals surface area (Å²) in [7, 11) is 0. The Labute approximate surface area is 146 Å². The topological polar surface area (TPSA) is 68.5 Å². The standard InChI is InChI=1S/C18H14BrNO4/c19-14-6-7-16-15(9-14)13(8-17(21)22)10-20(16)18(23)24-11-12-4-2-1-3-5-12/h1-7,9-10H,8,11H2,(H,21,22). The predicted octanol–water partition coefficient (Wildman–Crippen LogP) is 4.22. The van der Waals surface area contributed by atoms with Crippen molar-refractivity contribution >= 4 is 38.9 Å². The number of aromatic nitrogens is 1. The molecule has 2 aromatic carbocycles. The molecule has 5 nitrogen and oxygen atoms in total. The maximum absolute atomic E-state index is 12.4. The van der Waals surface area contributed by atoms with E-state index >= 15 is 0 Å². The molecular weight excluding hydrogens is 374 g/mol. The highest BCUT2D eigenvalue weighted by Crippen LogP contribution is 2.26. The van der Waals surface area contributed by atoms with Crippen LogP contribution < -0.4 is 0 Å². The molecular formula is C18H14BrNO4. The molecule has 0 aliphatic rings. The van der Waals surface area contributed by atoms with Gasteiger partial charge in [0.25, 0.3) is 0 Å². The minimum Gasteiger partial charge on any atom is -0.481 e. The average molecular weight is 388 g/mol. The second-order valence-corrected chi connectivity index (χ2v) is 6.21. The maximum atomic E-state index is 12.4. The van der Waals surface area contributed by atoms with Crippen LogP contribution in [0.5, 0.6) is 0 Å². The molecule has 6 heteroatoms. The van der Waals surface area contributed by atoms with E-state index in [-0.39, 0.29) is 13.0 Å². The van der Waals surface area contributed by atoms with Gasteiger partial charge >= 0.3 is 12.1 Å². The Morgan fingerprint density at radius 3 is 2.58 bits per heavy atom. The van der Waals surface area contributed by atoms with Crippen molar-refractivity contribution in [3.8, 4) is 0 Å². The number of nitrogens with zero attached hydrogens (tertiary/aromatic N) is 1. The van der Waals surface area contributed by atoms with Gasteiger partial charge in [0.15, 0.2) is 0 Å². The third-order valence-corrected chi connectivity index (χ3v) is 4.09. The molecule has 0 fully saturated rings. The minimum atomic E-state index is -0.952. The molecule has 1 N–H and O–H groups in total. The van der Waals surface area contributed by atoms with Gasteiger partial charge in [0.2, 0.25) is 0 Å². The molecule has 0 saturated carbocycles. The number of hydrogen-bond acceptors (Lipinski definition) is 3. The Morgan fingerprint density at radius 2 is 1.88 bits per heavy atom. The zero-order chi connectivity index (χ0) is 17.1. The first-order valence-electron chi connectivity index (χ1n) is 7.27. The molecule has 0 amide bonds.